The maximum atomic E-state index is 12.3. The number of rotatable bonds is 14. The number of aromatic nitrogens is 3. The fraction of sp³-hybridized carbons (Fsp3) is 0.273. The number of carbonyl (C=O) groups is 3. The maximum Gasteiger partial charge on any atom is 0.250 e. The summed E-state index contributed by atoms with van der Waals surface area (Å²) in [6.07, 6.45) is 4.12. The molecule has 0 fully saturated rings. The second kappa shape index (κ2) is 15.5. The molecule has 4 aromatic rings. The number of benzene rings is 1. The van der Waals surface area contributed by atoms with Gasteiger partial charge in [-0.25, -0.2) is 0 Å². The molecule has 6 N–H and O–H groups in total. The summed E-state index contributed by atoms with van der Waals surface area (Å²) in [7, 11) is 0. The third kappa shape index (κ3) is 9.25. The van der Waals surface area contributed by atoms with Crippen molar-refractivity contribution in [3.05, 3.63) is 113 Å². The molecule has 0 radical (unpaired) electrons. The van der Waals surface area contributed by atoms with Gasteiger partial charge in [-0.05, 0) is 62.2 Å². The number of pyridine rings is 3. The van der Waals surface area contributed by atoms with Crippen molar-refractivity contribution in [2.75, 3.05) is 6.54 Å². The van der Waals surface area contributed by atoms with Crippen molar-refractivity contribution in [1.82, 2.24) is 30.5 Å². The number of primary amides is 1. The van der Waals surface area contributed by atoms with E-state index in [-0.39, 0.29) is 11.8 Å². The minimum absolute atomic E-state index is 0.289. The van der Waals surface area contributed by atoms with E-state index < -0.39 is 18.0 Å². The molecule has 0 aliphatic rings. The van der Waals surface area contributed by atoms with Crippen LogP contribution in [0, 0.1) is 0 Å². The van der Waals surface area contributed by atoms with Crippen LogP contribution in [0.5, 0.6) is 0 Å². The molecular formula is C33H38N8O3. The molecule has 0 saturated heterocycles. The molecular weight excluding hydrogens is 556 g/mol. The zero-order valence-electron chi connectivity index (χ0n) is 24.9. The maximum absolute atomic E-state index is 12.3. The van der Waals surface area contributed by atoms with Gasteiger partial charge in [-0.3, -0.25) is 34.2 Å². The van der Waals surface area contributed by atoms with Crippen molar-refractivity contribution in [3.63, 3.8) is 0 Å². The Balaban J connectivity index is 1.46. The van der Waals surface area contributed by atoms with Gasteiger partial charge in [0.15, 0.2) is 0 Å². The second-order valence-electron chi connectivity index (χ2n) is 10.6. The summed E-state index contributed by atoms with van der Waals surface area (Å²) in [6.45, 7) is 5.24. The van der Waals surface area contributed by atoms with Crippen molar-refractivity contribution in [1.29, 1.82) is 0 Å². The molecule has 0 aliphatic carbocycles. The first-order valence-electron chi connectivity index (χ1n) is 14.4. The normalized spacial score (nSPS) is 12.4. The van der Waals surface area contributed by atoms with E-state index in [1.54, 1.807) is 32.3 Å². The number of nitrogens with zero attached hydrogens (tertiary/aromatic N) is 4. The average molecular weight is 595 g/mol. The van der Waals surface area contributed by atoms with Crippen LogP contribution in [0.4, 0.5) is 0 Å². The van der Waals surface area contributed by atoms with Crippen molar-refractivity contribution >= 4 is 17.7 Å². The highest BCUT2D eigenvalue weighted by atomic mass is 16.2. The van der Waals surface area contributed by atoms with Gasteiger partial charge in [0, 0.05) is 44.1 Å². The predicted molar refractivity (Wildman–Crippen MR) is 168 cm³/mol. The molecule has 0 unspecified atom stereocenters. The summed E-state index contributed by atoms with van der Waals surface area (Å²) in [4.78, 5) is 52.4. The van der Waals surface area contributed by atoms with Crippen LogP contribution >= 0.6 is 0 Å². The minimum atomic E-state index is -0.690. The number of amides is 3. The second-order valence-corrected chi connectivity index (χ2v) is 10.6. The topological polar surface area (TPSA) is 169 Å². The summed E-state index contributed by atoms with van der Waals surface area (Å²) in [5, 5.41) is 5.40. The highest BCUT2D eigenvalue weighted by Crippen LogP contribution is 2.24. The number of carbonyl (C=O) groups excluding carboxylic acids is 3. The van der Waals surface area contributed by atoms with E-state index in [0.29, 0.717) is 43.9 Å². The molecule has 2 atom stereocenters. The molecule has 0 saturated carbocycles. The van der Waals surface area contributed by atoms with Gasteiger partial charge in [0.2, 0.25) is 11.8 Å². The Labute approximate surface area is 257 Å². The van der Waals surface area contributed by atoms with E-state index in [9.17, 15) is 14.4 Å². The summed E-state index contributed by atoms with van der Waals surface area (Å²) in [6, 6.07) is 21.4. The Bertz CT molecular complexity index is 1510. The number of hydrogen-bond acceptors (Lipinski definition) is 8. The molecule has 3 heterocycles. The van der Waals surface area contributed by atoms with Gasteiger partial charge >= 0.3 is 0 Å². The summed E-state index contributed by atoms with van der Waals surface area (Å²) >= 11 is 0. The van der Waals surface area contributed by atoms with Crippen LogP contribution in [0.1, 0.15) is 46.9 Å². The third-order valence-corrected chi connectivity index (χ3v) is 6.93. The van der Waals surface area contributed by atoms with Crippen molar-refractivity contribution in [3.8, 4) is 11.3 Å². The van der Waals surface area contributed by atoms with Crippen molar-refractivity contribution in [2.24, 2.45) is 11.5 Å². The zero-order valence-corrected chi connectivity index (χ0v) is 24.9. The van der Waals surface area contributed by atoms with E-state index in [1.807, 2.05) is 66.7 Å². The van der Waals surface area contributed by atoms with Crippen LogP contribution in [0.3, 0.4) is 0 Å². The van der Waals surface area contributed by atoms with Crippen LogP contribution < -0.4 is 22.1 Å². The van der Waals surface area contributed by atoms with Gasteiger partial charge in [-0.1, -0.05) is 36.4 Å². The SMILES string of the molecule is C[C@@H](N)C(=O)N[C@H](C)C(=O)NCCc1ccc(-c2nc(CN(Cc3ccccn3)Cc3ccccn3)ccc2C(N)=O)cc1. The van der Waals surface area contributed by atoms with Gasteiger partial charge in [0.1, 0.15) is 6.04 Å². The lowest BCUT2D eigenvalue weighted by Gasteiger charge is -2.22. The van der Waals surface area contributed by atoms with Gasteiger partial charge < -0.3 is 22.1 Å². The molecule has 0 aliphatic heterocycles. The van der Waals surface area contributed by atoms with Crippen molar-refractivity contribution < 1.29 is 14.4 Å². The monoisotopic (exact) mass is 594 g/mol. The van der Waals surface area contributed by atoms with E-state index in [2.05, 4.69) is 25.5 Å². The number of hydrogen-bond donors (Lipinski definition) is 4. The lowest BCUT2D eigenvalue weighted by molar-refractivity contribution is -0.129. The van der Waals surface area contributed by atoms with Gasteiger partial charge in [-0.2, -0.15) is 0 Å². The first kappa shape index (κ1) is 31.9. The Hall–Kier alpha value is -5.00. The van der Waals surface area contributed by atoms with Crippen LogP contribution in [0.2, 0.25) is 0 Å². The molecule has 3 aromatic heterocycles. The summed E-state index contributed by atoms with van der Waals surface area (Å²) in [5.41, 5.74) is 16.5. The Kier molecular flexibility index (Phi) is 11.2. The highest BCUT2D eigenvalue weighted by molar-refractivity contribution is 5.98. The Morgan fingerprint density at radius 2 is 1.41 bits per heavy atom. The highest BCUT2D eigenvalue weighted by Gasteiger charge is 2.18. The zero-order chi connectivity index (χ0) is 31.5. The van der Waals surface area contributed by atoms with Crippen LogP contribution in [0.25, 0.3) is 11.3 Å². The van der Waals surface area contributed by atoms with E-state index in [4.69, 9.17) is 16.5 Å². The number of nitrogens with two attached hydrogens (primary N) is 2. The lowest BCUT2D eigenvalue weighted by Crippen LogP contribution is -2.49. The average Bonchev–Trinajstić information content (AvgIpc) is 3.02. The van der Waals surface area contributed by atoms with Gasteiger partial charge in [0.25, 0.3) is 5.91 Å². The molecule has 1 aromatic carbocycles. The van der Waals surface area contributed by atoms with E-state index in [0.717, 1.165) is 28.2 Å². The Morgan fingerprint density at radius 3 is 1.95 bits per heavy atom. The molecule has 3 amide bonds. The summed E-state index contributed by atoms with van der Waals surface area (Å²) in [5.74, 6) is -1.23. The summed E-state index contributed by atoms with van der Waals surface area (Å²) < 4.78 is 0. The van der Waals surface area contributed by atoms with Gasteiger partial charge in [-0.15, -0.1) is 0 Å². The van der Waals surface area contributed by atoms with Crippen LogP contribution in [-0.4, -0.2) is 56.2 Å². The molecule has 4 rings (SSSR count). The third-order valence-electron chi connectivity index (χ3n) is 6.93. The smallest absolute Gasteiger partial charge is 0.250 e. The lowest BCUT2D eigenvalue weighted by atomic mass is 10.0. The Morgan fingerprint density at radius 1 is 0.795 bits per heavy atom. The number of nitrogens with one attached hydrogen (secondary N) is 2. The first-order chi connectivity index (χ1) is 21.2. The van der Waals surface area contributed by atoms with Gasteiger partial charge in [0.05, 0.1) is 34.4 Å². The molecule has 0 bridgehead atoms. The molecule has 228 valence electrons. The fourth-order valence-corrected chi connectivity index (χ4v) is 4.57. The fourth-order valence-electron chi connectivity index (χ4n) is 4.57. The van der Waals surface area contributed by atoms with E-state index >= 15 is 0 Å². The predicted octanol–water partition coefficient (Wildman–Crippen LogP) is 2.35. The largest absolute Gasteiger partial charge is 0.366 e. The minimum Gasteiger partial charge on any atom is -0.366 e. The van der Waals surface area contributed by atoms with Crippen molar-refractivity contribution in [2.45, 2.75) is 52.0 Å². The van der Waals surface area contributed by atoms with Crippen LogP contribution in [-0.2, 0) is 35.6 Å². The standard InChI is InChI=1S/C33H38N8O3/c1-22(34)32(43)39-23(2)33(44)38-18-15-24-9-11-25(12-10-24)30-29(31(35)42)14-13-28(40-30)21-41(19-26-7-3-5-16-36-26)20-27-8-4-6-17-37-27/h3-14,16-17,22-23H,15,18-21,34H2,1-2H3,(H2,35,42)(H,38,44)(H,39,43)/t22-,23-/m1/s1. The molecule has 0 spiro atoms. The van der Waals surface area contributed by atoms with Crippen LogP contribution in [0.15, 0.2) is 85.2 Å². The van der Waals surface area contributed by atoms with E-state index in [1.165, 1.54) is 0 Å². The molecule has 11 nitrogen and oxygen atoms in total. The molecule has 44 heavy (non-hydrogen) atoms. The first-order valence-corrected chi connectivity index (χ1v) is 14.4. The molecule has 11 heteroatoms. The quantitative estimate of drug-likeness (QED) is 0.172.